The van der Waals surface area contributed by atoms with Gasteiger partial charge in [-0.3, -0.25) is 14.9 Å². The molecule has 2 aromatic carbocycles. The molecule has 1 heterocycles. The smallest absolute Gasteiger partial charge is 0.343 e. The van der Waals surface area contributed by atoms with E-state index in [1.807, 2.05) is 19.1 Å². The van der Waals surface area contributed by atoms with Crippen molar-refractivity contribution < 1.29 is 33.4 Å². The van der Waals surface area contributed by atoms with Crippen LogP contribution in [0.25, 0.3) is 6.08 Å². The van der Waals surface area contributed by atoms with Gasteiger partial charge in [-0.05, 0) is 47.9 Å². The minimum atomic E-state index is -0.824. The molecule has 0 spiro atoms. The van der Waals surface area contributed by atoms with Crippen molar-refractivity contribution in [1.82, 2.24) is 5.32 Å². The molecule has 172 valence electrons. The van der Waals surface area contributed by atoms with Crippen LogP contribution < -0.4 is 19.7 Å². The molecule has 33 heavy (non-hydrogen) atoms. The Hall–Kier alpha value is -3.66. The van der Waals surface area contributed by atoms with Crippen molar-refractivity contribution in [3.8, 4) is 11.5 Å². The third-order valence-electron chi connectivity index (χ3n) is 4.86. The van der Waals surface area contributed by atoms with Gasteiger partial charge in [-0.15, -0.1) is 0 Å². The van der Waals surface area contributed by atoms with Crippen LogP contribution in [0.15, 0.2) is 46.4 Å². The van der Waals surface area contributed by atoms with Crippen molar-refractivity contribution in [3.05, 3.63) is 57.6 Å². The number of halogens is 1. The number of hydrogen-bond donors (Lipinski definition) is 1. The van der Waals surface area contributed by atoms with E-state index < -0.39 is 23.8 Å². The average molecular weight is 517 g/mol. The fraction of sp³-hybridized carbons (Fsp3) is 0.217. The molecular formula is C23H21BrN2O7. The van der Waals surface area contributed by atoms with E-state index in [2.05, 4.69) is 26.0 Å². The van der Waals surface area contributed by atoms with Gasteiger partial charge in [-0.2, -0.15) is 0 Å². The monoisotopic (exact) mass is 516 g/mol. The van der Waals surface area contributed by atoms with Crippen molar-refractivity contribution in [1.29, 1.82) is 0 Å². The van der Waals surface area contributed by atoms with Crippen LogP contribution in [-0.4, -0.2) is 44.6 Å². The third-order valence-corrected chi connectivity index (χ3v) is 5.55. The molecule has 1 saturated heterocycles. The number of imide groups is 2. The first kappa shape index (κ1) is 24.0. The molecule has 0 unspecified atom stereocenters. The van der Waals surface area contributed by atoms with Crippen LogP contribution in [0.5, 0.6) is 11.5 Å². The number of esters is 1. The molecule has 10 heteroatoms. The van der Waals surface area contributed by atoms with E-state index in [0.29, 0.717) is 15.7 Å². The summed E-state index contributed by atoms with van der Waals surface area (Å²) < 4.78 is 15.7. The van der Waals surface area contributed by atoms with Gasteiger partial charge in [-0.1, -0.05) is 35.0 Å². The maximum absolute atomic E-state index is 13.1. The van der Waals surface area contributed by atoms with E-state index in [4.69, 9.17) is 9.47 Å². The largest absolute Gasteiger partial charge is 0.493 e. The van der Waals surface area contributed by atoms with E-state index in [1.54, 1.807) is 12.1 Å². The number of benzene rings is 2. The second kappa shape index (κ2) is 10.3. The Morgan fingerprint density at radius 3 is 2.39 bits per heavy atom. The first-order valence-corrected chi connectivity index (χ1v) is 10.7. The van der Waals surface area contributed by atoms with Gasteiger partial charge < -0.3 is 14.2 Å². The van der Waals surface area contributed by atoms with Crippen LogP contribution in [0.3, 0.4) is 0 Å². The minimum Gasteiger partial charge on any atom is -0.493 e. The molecule has 3 rings (SSSR count). The molecule has 9 nitrogen and oxygen atoms in total. The summed E-state index contributed by atoms with van der Waals surface area (Å²) in [7, 11) is 2.65. The summed E-state index contributed by atoms with van der Waals surface area (Å²) in [4.78, 5) is 50.2. The lowest BCUT2D eigenvalue weighted by Gasteiger charge is -2.26. The predicted molar refractivity (Wildman–Crippen MR) is 123 cm³/mol. The number of amides is 4. The quantitative estimate of drug-likeness (QED) is 0.341. The van der Waals surface area contributed by atoms with E-state index in [1.165, 1.54) is 32.4 Å². The Balaban J connectivity index is 1.96. The number of carbonyl (C=O) groups excluding carboxylic acids is 4. The zero-order valence-electron chi connectivity index (χ0n) is 18.1. The number of ether oxygens (including phenoxy) is 3. The molecule has 1 aliphatic rings. The summed E-state index contributed by atoms with van der Waals surface area (Å²) in [5.74, 6) is -1.63. The van der Waals surface area contributed by atoms with Crippen molar-refractivity contribution >= 4 is 51.5 Å². The molecule has 0 aromatic heterocycles. The molecule has 0 saturated carbocycles. The molecular weight excluding hydrogens is 496 g/mol. The average Bonchev–Trinajstić information content (AvgIpc) is 2.81. The number of anilines is 1. The van der Waals surface area contributed by atoms with Gasteiger partial charge in [0.25, 0.3) is 11.8 Å². The second-order valence-corrected chi connectivity index (χ2v) is 7.72. The zero-order chi connectivity index (χ0) is 24.1. The number of nitrogens with one attached hydrogen (secondary N) is 1. The standard InChI is InChI=1S/C23H21BrN2O7/c1-4-13-5-7-15(8-6-13)26-22(29)16(21(28)25-23(26)30)9-14-10-18(31-2)19(11-17(14)24)33-12-20(27)32-3/h5-11H,4,12H2,1-3H3,(H,25,28,30)/b16-9-. The van der Waals surface area contributed by atoms with Crippen LogP contribution >= 0.6 is 15.9 Å². The highest BCUT2D eigenvalue weighted by Gasteiger charge is 2.37. The van der Waals surface area contributed by atoms with Crippen LogP contribution in [0.4, 0.5) is 10.5 Å². The fourth-order valence-corrected chi connectivity index (χ4v) is 3.49. The topological polar surface area (TPSA) is 111 Å². The number of barbiturate groups is 1. The molecule has 2 aromatic rings. The number of nitrogens with zero attached hydrogens (tertiary/aromatic N) is 1. The van der Waals surface area contributed by atoms with Gasteiger partial charge in [0, 0.05) is 4.47 Å². The lowest BCUT2D eigenvalue weighted by Crippen LogP contribution is -2.54. The third kappa shape index (κ3) is 5.23. The number of rotatable bonds is 7. The summed E-state index contributed by atoms with van der Waals surface area (Å²) in [5.41, 5.74) is 1.57. The lowest BCUT2D eigenvalue weighted by atomic mass is 10.1. The predicted octanol–water partition coefficient (Wildman–Crippen LogP) is 3.24. The molecule has 1 fully saturated rings. The number of urea groups is 1. The van der Waals surface area contributed by atoms with Crippen LogP contribution in [0, 0.1) is 0 Å². The molecule has 0 aliphatic carbocycles. The van der Waals surface area contributed by atoms with Crippen molar-refractivity contribution in [2.45, 2.75) is 13.3 Å². The Bertz CT molecular complexity index is 1140. The van der Waals surface area contributed by atoms with Gasteiger partial charge in [0.15, 0.2) is 18.1 Å². The van der Waals surface area contributed by atoms with Gasteiger partial charge in [0.05, 0.1) is 19.9 Å². The van der Waals surface area contributed by atoms with Crippen molar-refractivity contribution in [2.75, 3.05) is 25.7 Å². The van der Waals surface area contributed by atoms with E-state index >= 15 is 0 Å². The summed E-state index contributed by atoms with van der Waals surface area (Å²) in [6.45, 7) is 1.67. The number of aryl methyl sites for hydroxylation is 1. The first-order chi connectivity index (χ1) is 15.8. The molecule has 0 bridgehead atoms. The minimum absolute atomic E-state index is 0.236. The van der Waals surface area contributed by atoms with Gasteiger partial charge in [-0.25, -0.2) is 14.5 Å². The highest BCUT2D eigenvalue weighted by molar-refractivity contribution is 9.10. The molecule has 1 N–H and O–H groups in total. The Morgan fingerprint density at radius 2 is 1.79 bits per heavy atom. The van der Waals surface area contributed by atoms with Gasteiger partial charge in [0.2, 0.25) is 0 Å². The highest BCUT2D eigenvalue weighted by atomic mass is 79.9. The summed E-state index contributed by atoms with van der Waals surface area (Å²) in [6, 6.07) is 9.16. The molecule has 1 aliphatic heterocycles. The SMILES string of the molecule is CCc1ccc(N2C(=O)NC(=O)/C(=C/c3cc(OC)c(OCC(=O)OC)cc3Br)C2=O)cc1. The van der Waals surface area contributed by atoms with Gasteiger partial charge in [0.1, 0.15) is 5.57 Å². The van der Waals surface area contributed by atoms with E-state index in [-0.39, 0.29) is 23.7 Å². The molecule has 0 radical (unpaired) electrons. The summed E-state index contributed by atoms with van der Waals surface area (Å²) >= 11 is 3.37. The van der Waals surface area contributed by atoms with Crippen LogP contribution in [0.1, 0.15) is 18.1 Å². The van der Waals surface area contributed by atoms with Crippen molar-refractivity contribution in [2.24, 2.45) is 0 Å². The maximum Gasteiger partial charge on any atom is 0.343 e. The lowest BCUT2D eigenvalue weighted by molar-refractivity contribution is -0.143. The summed E-state index contributed by atoms with van der Waals surface area (Å²) in [6.07, 6.45) is 2.15. The molecule has 4 amide bonds. The second-order valence-electron chi connectivity index (χ2n) is 6.87. The van der Waals surface area contributed by atoms with Crippen LogP contribution in [-0.2, 0) is 25.5 Å². The Morgan fingerprint density at radius 1 is 1.09 bits per heavy atom. The van der Waals surface area contributed by atoms with E-state index in [0.717, 1.165) is 16.9 Å². The highest BCUT2D eigenvalue weighted by Crippen LogP contribution is 2.35. The first-order valence-electron chi connectivity index (χ1n) is 9.86. The number of hydrogen-bond acceptors (Lipinski definition) is 7. The van der Waals surface area contributed by atoms with Crippen molar-refractivity contribution in [3.63, 3.8) is 0 Å². The Kier molecular flexibility index (Phi) is 7.49. The number of methoxy groups -OCH3 is 2. The van der Waals surface area contributed by atoms with Gasteiger partial charge >= 0.3 is 12.0 Å². The fourth-order valence-electron chi connectivity index (χ4n) is 3.06. The summed E-state index contributed by atoms with van der Waals surface area (Å²) in [5, 5.41) is 2.19. The number of carbonyl (C=O) groups is 4. The van der Waals surface area contributed by atoms with Crippen LogP contribution in [0.2, 0.25) is 0 Å². The zero-order valence-corrected chi connectivity index (χ0v) is 19.7. The van der Waals surface area contributed by atoms with E-state index in [9.17, 15) is 19.2 Å². The maximum atomic E-state index is 13.1. The molecule has 0 atom stereocenters. The normalized spacial score (nSPS) is 14.8. The Labute approximate surface area is 198 Å².